The van der Waals surface area contributed by atoms with Gasteiger partial charge in [-0.05, 0) is 21.1 Å². The lowest BCUT2D eigenvalue weighted by atomic mass is 10.6. The molecule has 0 spiro atoms. The highest BCUT2D eigenvalue weighted by atomic mass is 15.5. The first-order valence-corrected chi connectivity index (χ1v) is 2.74. The topological polar surface area (TPSA) is 32.5 Å². The van der Waals surface area contributed by atoms with E-state index < -0.39 is 0 Å². The second kappa shape index (κ2) is 6.01. The third-order valence-electron chi connectivity index (χ3n) is 0.966. The normalized spacial score (nSPS) is 18.7. The van der Waals surface area contributed by atoms with Gasteiger partial charge in [-0.25, -0.2) is 0 Å². The highest BCUT2D eigenvalue weighted by Crippen LogP contribution is 1.98. The van der Waals surface area contributed by atoms with Crippen molar-refractivity contribution >= 4 is 0 Å². The fourth-order valence-electron chi connectivity index (χ4n) is 0.783. The fourth-order valence-corrected chi connectivity index (χ4v) is 0.783. The van der Waals surface area contributed by atoms with Crippen molar-refractivity contribution in [2.45, 2.75) is 7.43 Å². The molecule has 0 aromatic carbocycles. The fraction of sp³-hybridized carbons (Fsp3) is 1.00. The van der Waals surface area contributed by atoms with E-state index in [9.17, 15) is 0 Å². The van der Waals surface area contributed by atoms with Gasteiger partial charge in [0, 0.05) is 0 Å². The standard InChI is InChI=1S/C4H10N2.CH5N.CH4/c1-5-3-6(2)4-5;1-2;/h3-4H2,1-2H3;2H2,1H3;1H4. The number of rotatable bonds is 0. The molecule has 1 fully saturated rings. The Morgan fingerprint density at radius 1 is 1.00 bits per heavy atom. The molecule has 0 bridgehead atoms. The maximum Gasteiger partial charge on any atom is 0.0523 e. The maximum absolute atomic E-state index is 4.50. The quantitative estimate of drug-likeness (QED) is 0.504. The third-order valence-corrected chi connectivity index (χ3v) is 0.966. The van der Waals surface area contributed by atoms with E-state index in [4.69, 9.17) is 0 Å². The molecule has 0 aromatic rings. The van der Waals surface area contributed by atoms with Gasteiger partial charge in [0.05, 0.1) is 13.3 Å². The molecule has 0 unspecified atom stereocenters. The summed E-state index contributed by atoms with van der Waals surface area (Å²) in [5, 5.41) is 0. The van der Waals surface area contributed by atoms with Crippen LogP contribution in [0.5, 0.6) is 0 Å². The van der Waals surface area contributed by atoms with Crippen molar-refractivity contribution in [1.82, 2.24) is 9.80 Å². The molecule has 1 aliphatic rings. The molecule has 3 heteroatoms. The molecule has 0 atom stereocenters. The Hall–Kier alpha value is -0.120. The first kappa shape index (κ1) is 11.6. The van der Waals surface area contributed by atoms with Crippen LogP contribution in [0.3, 0.4) is 0 Å². The SMILES string of the molecule is C.CN.CN1CN(C)C1. The minimum Gasteiger partial charge on any atom is -0.333 e. The van der Waals surface area contributed by atoms with Crippen LogP contribution >= 0.6 is 0 Å². The van der Waals surface area contributed by atoms with Crippen molar-refractivity contribution < 1.29 is 0 Å². The van der Waals surface area contributed by atoms with Crippen LogP contribution in [0.4, 0.5) is 0 Å². The molecule has 0 radical (unpaired) electrons. The van der Waals surface area contributed by atoms with E-state index in [0.29, 0.717) is 0 Å². The van der Waals surface area contributed by atoms with E-state index in [1.165, 1.54) is 7.05 Å². The van der Waals surface area contributed by atoms with E-state index in [-0.39, 0.29) is 7.43 Å². The minimum absolute atomic E-state index is 0. The summed E-state index contributed by atoms with van der Waals surface area (Å²) in [5.74, 6) is 0. The molecule has 9 heavy (non-hydrogen) atoms. The van der Waals surface area contributed by atoms with E-state index in [0.717, 1.165) is 13.3 Å². The largest absolute Gasteiger partial charge is 0.333 e. The molecular formula is C6H19N3. The number of nitrogens with two attached hydrogens (primary N) is 1. The van der Waals surface area contributed by atoms with Gasteiger partial charge in [0.15, 0.2) is 0 Å². The number of nitrogens with zero attached hydrogens (tertiary/aromatic N) is 2. The van der Waals surface area contributed by atoms with Gasteiger partial charge >= 0.3 is 0 Å². The van der Waals surface area contributed by atoms with Gasteiger partial charge in [-0.2, -0.15) is 0 Å². The number of hydrogen-bond acceptors (Lipinski definition) is 3. The molecule has 1 aliphatic heterocycles. The Balaban J connectivity index is 0. The smallest absolute Gasteiger partial charge is 0.0523 e. The Bertz CT molecular complexity index is 44.3. The van der Waals surface area contributed by atoms with Crippen LogP contribution in [0, 0.1) is 0 Å². The summed E-state index contributed by atoms with van der Waals surface area (Å²) in [4.78, 5) is 4.50. The van der Waals surface area contributed by atoms with Crippen molar-refractivity contribution in [2.75, 3.05) is 34.5 Å². The summed E-state index contributed by atoms with van der Waals surface area (Å²) >= 11 is 0. The van der Waals surface area contributed by atoms with Crippen LogP contribution in [-0.2, 0) is 0 Å². The van der Waals surface area contributed by atoms with Crippen molar-refractivity contribution in [1.29, 1.82) is 0 Å². The predicted octanol–water partition coefficient (Wildman–Crippen LogP) is -0.0104. The van der Waals surface area contributed by atoms with Gasteiger partial charge < -0.3 is 5.73 Å². The Kier molecular flexibility index (Phi) is 7.77. The zero-order valence-electron chi connectivity index (χ0n) is 5.89. The Labute approximate surface area is 58.4 Å². The molecule has 2 N–H and O–H groups in total. The van der Waals surface area contributed by atoms with Gasteiger partial charge in [0.25, 0.3) is 0 Å². The lowest BCUT2D eigenvalue weighted by molar-refractivity contribution is 0.0149. The minimum atomic E-state index is 0. The van der Waals surface area contributed by atoms with E-state index in [1.54, 1.807) is 0 Å². The van der Waals surface area contributed by atoms with Crippen LogP contribution in [0.2, 0.25) is 0 Å². The lowest BCUT2D eigenvalue weighted by Crippen LogP contribution is -2.50. The summed E-state index contributed by atoms with van der Waals surface area (Å²) in [5.41, 5.74) is 4.50. The van der Waals surface area contributed by atoms with Gasteiger partial charge in [-0.1, -0.05) is 7.43 Å². The van der Waals surface area contributed by atoms with E-state index >= 15 is 0 Å². The molecule has 0 amide bonds. The summed E-state index contributed by atoms with van der Waals surface area (Å²) in [7, 11) is 5.72. The molecule has 1 heterocycles. The zero-order chi connectivity index (χ0) is 6.57. The molecule has 1 saturated heterocycles. The van der Waals surface area contributed by atoms with E-state index in [1.807, 2.05) is 0 Å². The molecule has 0 saturated carbocycles. The van der Waals surface area contributed by atoms with E-state index in [2.05, 4.69) is 29.6 Å². The second-order valence-corrected chi connectivity index (χ2v) is 1.99. The summed E-state index contributed by atoms with van der Waals surface area (Å²) < 4.78 is 0. The van der Waals surface area contributed by atoms with Gasteiger partial charge in [0.1, 0.15) is 0 Å². The monoisotopic (exact) mass is 133 g/mol. The first-order chi connectivity index (χ1) is 3.79. The molecule has 58 valence electrons. The predicted molar refractivity (Wildman–Crippen MR) is 42.1 cm³/mol. The van der Waals surface area contributed by atoms with Gasteiger partial charge in [0.2, 0.25) is 0 Å². The summed E-state index contributed by atoms with van der Waals surface area (Å²) in [6, 6.07) is 0. The average Bonchev–Trinajstić information content (AvgIpc) is 1.70. The van der Waals surface area contributed by atoms with Crippen molar-refractivity contribution in [3.8, 4) is 0 Å². The molecule has 0 aromatic heterocycles. The summed E-state index contributed by atoms with van der Waals surface area (Å²) in [6.07, 6.45) is 0. The highest BCUT2D eigenvalue weighted by molar-refractivity contribution is 4.58. The number of hydrogen-bond donors (Lipinski definition) is 1. The second-order valence-electron chi connectivity index (χ2n) is 1.99. The van der Waals surface area contributed by atoms with Gasteiger partial charge in [-0.15, -0.1) is 0 Å². The zero-order valence-corrected chi connectivity index (χ0v) is 5.89. The summed E-state index contributed by atoms with van der Waals surface area (Å²) in [6.45, 7) is 2.28. The highest BCUT2D eigenvalue weighted by Gasteiger charge is 2.12. The van der Waals surface area contributed by atoms with Crippen molar-refractivity contribution in [2.24, 2.45) is 5.73 Å². The Morgan fingerprint density at radius 3 is 1.22 bits per heavy atom. The molecular weight excluding hydrogens is 114 g/mol. The van der Waals surface area contributed by atoms with Crippen molar-refractivity contribution in [3.05, 3.63) is 0 Å². The maximum atomic E-state index is 4.50. The van der Waals surface area contributed by atoms with Crippen LogP contribution in [0.25, 0.3) is 0 Å². The van der Waals surface area contributed by atoms with Crippen LogP contribution in [-0.4, -0.2) is 44.3 Å². The first-order valence-electron chi connectivity index (χ1n) is 2.74. The van der Waals surface area contributed by atoms with Crippen molar-refractivity contribution in [3.63, 3.8) is 0 Å². The molecule has 0 aliphatic carbocycles. The van der Waals surface area contributed by atoms with Gasteiger partial charge in [-0.3, -0.25) is 9.80 Å². The molecule has 3 nitrogen and oxygen atoms in total. The third kappa shape index (κ3) is 4.39. The Morgan fingerprint density at radius 2 is 1.22 bits per heavy atom. The van der Waals surface area contributed by atoms with Crippen LogP contribution < -0.4 is 5.73 Å². The van der Waals surface area contributed by atoms with Crippen LogP contribution in [0.1, 0.15) is 7.43 Å². The lowest BCUT2D eigenvalue weighted by Gasteiger charge is -2.36. The molecule has 1 rings (SSSR count). The average molecular weight is 133 g/mol. The van der Waals surface area contributed by atoms with Crippen LogP contribution in [0.15, 0.2) is 0 Å².